The van der Waals surface area contributed by atoms with Gasteiger partial charge in [0.25, 0.3) is 0 Å². The van der Waals surface area contributed by atoms with E-state index in [1.54, 1.807) is 0 Å². The first-order valence-corrected chi connectivity index (χ1v) is 5.32. The van der Waals surface area contributed by atoms with Crippen molar-refractivity contribution in [2.24, 2.45) is 5.11 Å². The van der Waals surface area contributed by atoms with E-state index < -0.39 is 41.3 Å². The highest BCUT2D eigenvalue weighted by Crippen LogP contribution is 2.44. The maximum Gasteiger partial charge on any atom is 0.418 e. The number of carbonyl (C=O) groups is 1. The molecule has 0 amide bonds. The standard InChI is InChI=1S/C10H8F6N2O3/c1-2-20-8(19)4-3-21-7(18-17)6(10(14,15)16)5(4)9(11,12)13/h3,7,17H,2H2,1H3. The summed E-state index contributed by atoms with van der Waals surface area (Å²) in [7, 11) is 0. The molecule has 0 spiro atoms. The third-order valence-electron chi connectivity index (χ3n) is 2.30. The molecule has 0 saturated heterocycles. The van der Waals surface area contributed by atoms with Gasteiger partial charge in [0.1, 0.15) is 17.4 Å². The van der Waals surface area contributed by atoms with E-state index in [1.807, 2.05) is 0 Å². The summed E-state index contributed by atoms with van der Waals surface area (Å²) < 4.78 is 85.8. The molecule has 21 heavy (non-hydrogen) atoms. The van der Waals surface area contributed by atoms with Gasteiger partial charge < -0.3 is 9.47 Å². The Morgan fingerprint density at radius 1 is 1.33 bits per heavy atom. The first-order chi connectivity index (χ1) is 9.54. The molecule has 1 aliphatic heterocycles. The maximum atomic E-state index is 12.9. The lowest BCUT2D eigenvalue weighted by molar-refractivity contribution is -0.143. The van der Waals surface area contributed by atoms with Crippen molar-refractivity contribution in [1.82, 2.24) is 0 Å². The van der Waals surface area contributed by atoms with Gasteiger partial charge in [-0.1, -0.05) is 0 Å². The van der Waals surface area contributed by atoms with Gasteiger partial charge in [0.2, 0.25) is 6.23 Å². The van der Waals surface area contributed by atoms with Crippen LogP contribution in [0.25, 0.3) is 0 Å². The summed E-state index contributed by atoms with van der Waals surface area (Å²) in [4.78, 5) is 11.4. The van der Waals surface area contributed by atoms with E-state index >= 15 is 0 Å². The van der Waals surface area contributed by atoms with Crippen LogP contribution < -0.4 is 0 Å². The van der Waals surface area contributed by atoms with Crippen LogP contribution >= 0.6 is 0 Å². The summed E-state index contributed by atoms with van der Waals surface area (Å²) in [6, 6.07) is 0. The average molecular weight is 318 g/mol. The summed E-state index contributed by atoms with van der Waals surface area (Å²) in [6.07, 6.45) is -13.4. The number of esters is 1. The van der Waals surface area contributed by atoms with Crippen molar-refractivity contribution in [3.63, 3.8) is 0 Å². The predicted molar refractivity (Wildman–Crippen MR) is 53.9 cm³/mol. The minimum atomic E-state index is -5.50. The predicted octanol–water partition coefficient (Wildman–Crippen LogP) is 3.24. The van der Waals surface area contributed by atoms with Crippen LogP contribution in [0.15, 0.2) is 28.1 Å². The van der Waals surface area contributed by atoms with Crippen LogP contribution in [0.1, 0.15) is 6.92 Å². The fourth-order valence-corrected chi connectivity index (χ4v) is 1.57. The number of rotatable bonds is 3. The van der Waals surface area contributed by atoms with E-state index in [0.29, 0.717) is 0 Å². The smallest absolute Gasteiger partial charge is 0.418 e. The molecule has 1 atom stereocenters. The van der Waals surface area contributed by atoms with Gasteiger partial charge in [-0.15, -0.1) is 5.11 Å². The molecule has 0 fully saturated rings. The number of ether oxygens (including phenoxy) is 2. The van der Waals surface area contributed by atoms with Crippen molar-refractivity contribution in [3.05, 3.63) is 23.0 Å². The second kappa shape index (κ2) is 5.74. The maximum absolute atomic E-state index is 12.9. The third kappa shape index (κ3) is 3.52. The zero-order chi connectivity index (χ0) is 16.4. The van der Waals surface area contributed by atoms with Crippen LogP contribution in [-0.2, 0) is 14.3 Å². The number of nitrogens with one attached hydrogen (secondary N) is 1. The summed E-state index contributed by atoms with van der Waals surface area (Å²) >= 11 is 0. The van der Waals surface area contributed by atoms with Crippen LogP contribution in [0.3, 0.4) is 0 Å². The van der Waals surface area contributed by atoms with Crippen molar-refractivity contribution in [2.45, 2.75) is 25.5 Å². The van der Waals surface area contributed by atoms with Gasteiger partial charge in [-0.05, 0) is 6.92 Å². The molecule has 0 aromatic heterocycles. The number of nitrogens with zero attached hydrogens (tertiary/aromatic N) is 1. The molecule has 0 radical (unpaired) electrons. The fraction of sp³-hybridized carbons (Fsp3) is 0.500. The molecule has 118 valence electrons. The SMILES string of the molecule is CCOC(=O)C1=COC(N=N)C(C(F)(F)F)=C1C(F)(F)F. The Labute approximate surface area is 113 Å². The van der Waals surface area contributed by atoms with Crippen molar-refractivity contribution >= 4 is 5.97 Å². The highest BCUT2D eigenvalue weighted by molar-refractivity contribution is 5.94. The number of hydrogen-bond donors (Lipinski definition) is 1. The zero-order valence-corrected chi connectivity index (χ0v) is 10.3. The van der Waals surface area contributed by atoms with Crippen LogP contribution in [0.2, 0.25) is 0 Å². The summed E-state index contributed by atoms with van der Waals surface area (Å²) in [5.41, 5.74) is 0.558. The molecule has 1 rings (SSSR count). The Kier molecular flexibility index (Phi) is 4.64. The summed E-state index contributed by atoms with van der Waals surface area (Å²) in [5.74, 6) is -1.62. The van der Waals surface area contributed by atoms with Crippen LogP contribution in [0.4, 0.5) is 26.3 Å². The number of carbonyl (C=O) groups excluding carboxylic acids is 1. The first-order valence-electron chi connectivity index (χ1n) is 5.32. The van der Waals surface area contributed by atoms with Crippen molar-refractivity contribution < 1.29 is 40.6 Å². The Morgan fingerprint density at radius 2 is 1.90 bits per heavy atom. The molecule has 0 aromatic rings. The Bertz CT molecular complexity index is 506. The molecule has 1 aliphatic rings. The Balaban J connectivity index is 3.56. The lowest BCUT2D eigenvalue weighted by atomic mass is 9.96. The zero-order valence-electron chi connectivity index (χ0n) is 10.3. The van der Waals surface area contributed by atoms with Crippen molar-refractivity contribution in [1.29, 1.82) is 5.53 Å². The van der Waals surface area contributed by atoms with Gasteiger partial charge in [-0.3, -0.25) is 0 Å². The van der Waals surface area contributed by atoms with E-state index in [4.69, 9.17) is 5.53 Å². The minimum absolute atomic E-state index is 0.165. The van der Waals surface area contributed by atoms with E-state index in [1.165, 1.54) is 6.92 Å². The van der Waals surface area contributed by atoms with Crippen molar-refractivity contribution in [2.75, 3.05) is 6.61 Å². The molecule has 0 aliphatic carbocycles. The molecular weight excluding hydrogens is 310 g/mol. The van der Waals surface area contributed by atoms with Gasteiger partial charge in [0.15, 0.2) is 0 Å². The molecule has 11 heteroatoms. The van der Waals surface area contributed by atoms with Gasteiger partial charge in [0, 0.05) is 0 Å². The van der Waals surface area contributed by atoms with Gasteiger partial charge in [0.05, 0.1) is 12.2 Å². The lowest BCUT2D eigenvalue weighted by Gasteiger charge is -2.27. The third-order valence-corrected chi connectivity index (χ3v) is 2.30. The van der Waals surface area contributed by atoms with Crippen LogP contribution in [-0.4, -0.2) is 31.2 Å². The molecule has 0 bridgehead atoms. The largest absolute Gasteiger partial charge is 0.469 e. The lowest BCUT2D eigenvalue weighted by Crippen LogP contribution is -2.35. The molecule has 1 heterocycles. The van der Waals surface area contributed by atoms with E-state index in [-0.39, 0.29) is 12.9 Å². The second-order valence-electron chi connectivity index (χ2n) is 3.65. The monoisotopic (exact) mass is 318 g/mol. The van der Waals surface area contributed by atoms with Gasteiger partial charge in [-0.2, -0.15) is 26.3 Å². The Morgan fingerprint density at radius 3 is 2.29 bits per heavy atom. The number of hydrogen-bond acceptors (Lipinski definition) is 5. The number of alkyl halides is 6. The highest BCUT2D eigenvalue weighted by Gasteiger charge is 2.53. The Hall–Kier alpha value is -2.07. The molecule has 1 N–H and O–H groups in total. The normalized spacial score (nSPS) is 19.8. The van der Waals surface area contributed by atoms with Gasteiger partial charge in [-0.25, -0.2) is 10.3 Å². The molecule has 1 unspecified atom stereocenters. The first kappa shape index (κ1) is 17.0. The van der Waals surface area contributed by atoms with Crippen LogP contribution in [0.5, 0.6) is 0 Å². The second-order valence-corrected chi connectivity index (χ2v) is 3.65. The molecule has 0 aromatic carbocycles. The molecule has 0 saturated carbocycles. The summed E-state index contributed by atoms with van der Waals surface area (Å²) in [6.45, 7) is 0.931. The van der Waals surface area contributed by atoms with Gasteiger partial charge >= 0.3 is 18.3 Å². The molecular formula is C10H8F6N2O3. The van der Waals surface area contributed by atoms with E-state index in [2.05, 4.69) is 14.6 Å². The van der Waals surface area contributed by atoms with E-state index in [0.717, 1.165) is 0 Å². The fourth-order valence-electron chi connectivity index (χ4n) is 1.57. The quantitative estimate of drug-likeness (QED) is 0.493. The van der Waals surface area contributed by atoms with Crippen LogP contribution in [0, 0.1) is 5.53 Å². The number of halogens is 6. The van der Waals surface area contributed by atoms with E-state index in [9.17, 15) is 31.1 Å². The summed E-state index contributed by atoms with van der Waals surface area (Å²) in [5, 5.41) is 2.35. The minimum Gasteiger partial charge on any atom is -0.469 e. The average Bonchev–Trinajstić information content (AvgIpc) is 2.35. The molecule has 5 nitrogen and oxygen atoms in total. The topological polar surface area (TPSA) is 71.7 Å². The van der Waals surface area contributed by atoms with Crippen molar-refractivity contribution in [3.8, 4) is 0 Å². The highest BCUT2D eigenvalue weighted by atomic mass is 19.4.